The second-order valence-electron chi connectivity index (χ2n) is 9.63. The molecule has 0 atom stereocenters. The first kappa shape index (κ1) is 25.2. The summed E-state index contributed by atoms with van der Waals surface area (Å²) in [5.41, 5.74) is 7.02. The molecule has 0 saturated heterocycles. The first-order valence-corrected chi connectivity index (χ1v) is 18.8. The van der Waals surface area contributed by atoms with Crippen molar-refractivity contribution in [2.24, 2.45) is 0 Å². The summed E-state index contributed by atoms with van der Waals surface area (Å²) in [6.45, 7) is 4.42. The number of ether oxygens (including phenoxy) is 1. The first-order chi connectivity index (χ1) is 17.5. The number of aromatic hydroxyl groups is 1. The molecule has 1 aliphatic rings. The van der Waals surface area contributed by atoms with E-state index in [1.54, 1.807) is 6.07 Å². The molecule has 0 aliphatic heterocycles. The number of halogens is 1. The van der Waals surface area contributed by atoms with Crippen molar-refractivity contribution >= 4 is 42.7 Å². The summed E-state index contributed by atoms with van der Waals surface area (Å²) in [7, 11) is 0. The predicted octanol–water partition coefficient (Wildman–Crippen LogP) is 8.57. The van der Waals surface area contributed by atoms with Crippen LogP contribution in [0.4, 0.5) is 4.39 Å². The molecule has 0 saturated carbocycles. The SMILES string of the molecule is CCCCc1ccc2c(c1)c1c(n2-c2csc(-c3cc(F)ccc3O[CH2][Ge]([CH3])[CH2]C)c2O)CCC=C1. The van der Waals surface area contributed by atoms with E-state index in [1.165, 1.54) is 63.8 Å². The number of unbranched alkanes of at least 4 members (excludes halogenated alkanes) is 1. The molecule has 1 radical (unpaired) electrons. The summed E-state index contributed by atoms with van der Waals surface area (Å²) in [4.78, 5) is 0.648. The molecule has 36 heavy (non-hydrogen) atoms. The summed E-state index contributed by atoms with van der Waals surface area (Å²) in [6, 6.07) is 11.3. The average molecular weight is 563 g/mol. The molecule has 0 amide bonds. The van der Waals surface area contributed by atoms with Gasteiger partial charge < -0.3 is 0 Å². The van der Waals surface area contributed by atoms with Crippen molar-refractivity contribution in [3.8, 4) is 27.6 Å². The predicted molar refractivity (Wildman–Crippen MR) is 152 cm³/mol. The molecule has 1 aliphatic carbocycles. The Kier molecular flexibility index (Phi) is 7.58. The second-order valence-corrected chi connectivity index (χ2v) is 16.6. The van der Waals surface area contributed by atoms with Gasteiger partial charge in [-0.25, -0.2) is 0 Å². The van der Waals surface area contributed by atoms with E-state index in [9.17, 15) is 9.50 Å². The van der Waals surface area contributed by atoms with Crippen molar-refractivity contribution in [1.29, 1.82) is 0 Å². The van der Waals surface area contributed by atoms with Crippen LogP contribution in [0.25, 0.3) is 33.1 Å². The molecule has 0 fully saturated rings. The van der Waals surface area contributed by atoms with Gasteiger partial charge in [-0.2, -0.15) is 0 Å². The summed E-state index contributed by atoms with van der Waals surface area (Å²) >= 11 is 0.205. The Morgan fingerprint density at radius 3 is 2.83 bits per heavy atom. The van der Waals surface area contributed by atoms with Gasteiger partial charge in [0.2, 0.25) is 0 Å². The van der Waals surface area contributed by atoms with Gasteiger partial charge in [-0.15, -0.1) is 0 Å². The van der Waals surface area contributed by atoms with Gasteiger partial charge in [-0.3, -0.25) is 0 Å². The number of rotatable bonds is 9. The number of hydrogen-bond donors (Lipinski definition) is 1. The van der Waals surface area contributed by atoms with Crippen LogP contribution in [0.2, 0.25) is 11.0 Å². The van der Waals surface area contributed by atoms with Gasteiger partial charge in [-0.05, 0) is 12.8 Å². The number of fused-ring (bicyclic) bond motifs is 3. The van der Waals surface area contributed by atoms with Gasteiger partial charge in [0.25, 0.3) is 0 Å². The molecule has 2 heterocycles. The number of hydrogen-bond acceptors (Lipinski definition) is 3. The normalized spacial score (nSPS) is 13.0. The van der Waals surface area contributed by atoms with Crippen LogP contribution >= 0.6 is 11.3 Å². The number of thiophene rings is 1. The summed E-state index contributed by atoms with van der Waals surface area (Å²) in [6.07, 6.45) is 9.79. The Balaban J connectivity index is 1.61. The Morgan fingerprint density at radius 1 is 1.17 bits per heavy atom. The van der Waals surface area contributed by atoms with Crippen molar-refractivity contribution in [1.82, 2.24) is 4.57 Å². The van der Waals surface area contributed by atoms with E-state index in [4.69, 9.17) is 4.74 Å². The minimum absolute atomic E-state index is 0.183. The van der Waals surface area contributed by atoms with Crippen LogP contribution < -0.4 is 4.74 Å². The minimum atomic E-state index is -1.24. The fourth-order valence-electron chi connectivity index (χ4n) is 4.88. The van der Waals surface area contributed by atoms with Crippen molar-refractivity contribution in [2.45, 2.75) is 57.0 Å². The molecule has 5 rings (SSSR count). The number of nitrogens with zero attached hydrogens (tertiary/aromatic N) is 1. The maximum atomic E-state index is 14.3. The van der Waals surface area contributed by atoms with E-state index >= 15 is 0 Å². The molecule has 4 aromatic rings. The fraction of sp³-hybridized carbons (Fsp3) is 0.333. The molecule has 187 valence electrons. The molecule has 0 spiro atoms. The zero-order valence-corrected chi connectivity index (χ0v) is 24.1. The van der Waals surface area contributed by atoms with Gasteiger partial charge in [0.05, 0.1) is 0 Å². The van der Waals surface area contributed by atoms with Crippen molar-refractivity contribution in [2.75, 3.05) is 5.44 Å². The van der Waals surface area contributed by atoms with E-state index < -0.39 is 14.3 Å². The summed E-state index contributed by atoms with van der Waals surface area (Å²) in [5.74, 6) is 2.79. The van der Waals surface area contributed by atoms with Crippen LogP contribution in [0.15, 0.2) is 47.9 Å². The molecule has 0 unspecified atom stereocenters. The van der Waals surface area contributed by atoms with Gasteiger partial charge in [0, 0.05) is 0 Å². The van der Waals surface area contributed by atoms with Crippen LogP contribution in [0.1, 0.15) is 49.9 Å². The maximum absolute atomic E-state index is 14.3. The van der Waals surface area contributed by atoms with Crippen LogP contribution in [-0.4, -0.2) is 29.5 Å². The number of aromatic nitrogens is 1. The third-order valence-electron chi connectivity index (χ3n) is 7.08. The zero-order chi connectivity index (χ0) is 25.2. The third-order valence-corrected chi connectivity index (χ3v) is 11.9. The Bertz CT molecular complexity index is 1420. The molecule has 2 aromatic carbocycles. The number of allylic oxidation sites excluding steroid dienone is 1. The van der Waals surface area contributed by atoms with Crippen molar-refractivity contribution in [3.63, 3.8) is 0 Å². The molecule has 2 aromatic heterocycles. The summed E-state index contributed by atoms with van der Waals surface area (Å²) < 4.78 is 22.7. The quantitative estimate of drug-likeness (QED) is 0.207. The molecule has 3 nitrogen and oxygen atoms in total. The van der Waals surface area contributed by atoms with Crippen molar-refractivity contribution < 1.29 is 14.2 Å². The fourth-order valence-corrected chi connectivity index (χ4v) is 7.10. The van der Waals surface area contributed by atoms with Crippen LogP contribution in [0.3, 0.4) is 0 Å². The molecular formula is C30H33FGeNO2S. The van der Waals surface area contributed by atoms with Crippen LogP contribution in [-0.2, 0) is 12.8 Å². The topological polar surface area (TPSA) is 34.4 Å². The molecule has 0 bridgehead atoms. The van der Waals surface area contributed by atoms with E-state index in [0.717, 1.165) is 35.9 Å². The number of benzene rings is 2. The van der Waals surface area contributed by atoms with E-state index in [2.05, 4.69) is 54.5 Å². The molecule has 1 N–H and O–H groups in total. The van der Waals surface area contributed by atoms with E-state index in [-0.39, 0.29) is 11.6 Å². The van der Waals surface area contributed by atoms with Crippen LogP contribution in [0.5, 0.6) is 11.5 Å². The third kappa shape index (κ3) is 4.75. The van der Waals surface area contributed by atoms with Gasteiger partial charge in [0.1, 0.15) is 0 Å². The standard InChI is InChI=1S/C30H33FGeNO2S/c1-4-6-9-20-12-14-26-23(16-20)22-10-7-8-11-25(22)33(26)27-18-36-30(29(27)34)24-17-21(31)13-15-28(24)35-19-32(3)5-2/h7,10,12-18,34H,4-6,8-9,11,19H2,1-3H3. The van der Waals surface area contributed by atoms with E-state index in [1.807, 2.05) is 5.38 Å². The van der Waals surface area contributed by atoms with Gasteiger partial charge in [-0.1, -0.05) is 13.3 Å². The first-order valence-electron chi connectivity index (χ1n) is 12.9. The zero-order valence-electron chi connectivity index (χ0n) is 21.2. The second kappa shape index (κ2) is 10.9. The van der Waals surface area contributed by atoms with Crippen LogP contribution in [0, 0.1) is 5.82 Å². The van der Waals surface area contributed by atoms with Gasteiger partial charge >= 0.3 is 196 Å². The van der Waals surface area contributed by atoms with Crippen molar-refractivity contribution in [3.05, 3.63) is 70.5 Å². The molecule has 6 heteroatoms. The average Bonchev–Trinajstić information content (AvgIpc) is 3.43. The van der Waals surface area contributed by atoms with E-state index in [0.29, 0.717) is 16.2 Å². The Labute approximate surface area is 221 Å². The molecular weight excluding hydrogens is 530 g/mol. The Hall–Kier alpha value is -2.51. The van der Waals surface area contributed by atoms with Gasteiger partial charge in [0.15, 0.2) is 0 Å². The monoisotopic (exact) mass is 564 g/mol. The number of aryl methyl sites for hydroxylation is 1. The Morgan fingerprint density at radius 2 is 2.03 bits per heavy atom. The summed E-state index contributed by atoms with van der Waals surface area (Å²) in [5, 5.41) is 15.9.